The number of carbonyl (C=O) groups excluding carboxylic acids is 1. The maximum absolute atomic E-state index is 12.4. The van der Waals surface area contributed by atoms with Crippen LogP contribution in [0.25, 0.3) is 10.8 Å². The third kappa shape index (κ3) is 4.39. The first-order valence-electron chi connectivity index (χ1n) is 12.2. The third-order valence-electron chi connectivity index (χ3n) is 7.06. The number of halogens is 1. The summed E-state index contributed by atoms with van der Waals surface area (Å²) in [4.78, 5) is 28.6. The lowest BCUT2D eigenvalue weighted by Crippen LogP contribution is -2.55. The smallest absolute Gasteiger partial charge is 0.222 e. The molecule has 1 saturated heterocycles. The summed E-state index contributed by atoms with van der Waals surface area (Å²) in [5.41, 5.74) is 3.33. The Labute approximate surface area is 210 Å². The van der Waals surface area contributed by atoms with Gasteiger partial charge in [-0.15, -0.1) is 0 Å². The van der Waals surface area contributed by atoms with Gasteiger partial charge in [0, 0.05) is 49.2 Å². The average Bonchev–Trinajstić information content (AvgIpc) is 2.87. The van der Waals surface area contributed by atoms with Crippen LogP contribution in [0.2, 0.25) is 5.02 Å². The Morgan fingerprint density at radius 1 is 1.14 bits per heavy atom. The second-order valence-electron chi connectivity index (χ2n) is 9.21. The average molecular weight is 489 g/mol. The van der Waals surface area contributed by atoms with Crippen LogP contribution in [0.1, 0.15) is 36.8 Å². The zero-order valence-electron chi connectivity index (χ0n) is 20.2. The number of piperazine rings is 1. The maximum atomic E-state index is 12.4. The minimum atomic E-state index is -0.120. The number of hydrogen-bond acceptors (Lipinski definition) is 6. The number of nitriles is 1. The number of nitrogens with zero attached hydrogens (tertiary/aromatic N) is 6. The number of benzene rings is 2. The first-order chi connectivity index (χ1) is 17.0. The van der Waals surface area contributed by atoms with Crippen LogP contribution in [-0.4, -0.2) is 53.0 Å². The summed E-state index contributed by atoms with van der Waals surface area (Å²) >= 11 is 6.61. The van der Waals surface area contributed by atoms with E-state index in [-0.39, 0.29) is 11.9 Å². The molecule has 1 amide bonds. The van der Waals surface area contributed by atoms with Gasteiger partial charge in [-0.05, 0) is 30.9 Å². The first kappa shape index (κ1) is 23.4. The molecule has 2 aromatic carbocycles. The predicted molar refractivity (Wildman–Crippen MR) is 139 cm³/mol. The van der Waals surface area contributed by atoms with Crippen molar-refractivity contribution in [2.75, 3.05) is 36.0 Å². The fourth-order valence-electron chi connectivity index (χ4n) is 5.40. The van der Waals surface area contributed by atoms with Crippen LogP contribution in [-0.2, 0) is 17.8 Å². The number of anilines is 2. The number of amides is 1. The van der Waals surface area contributed by atoms with Gasteiger partial charge in [0.25, 0.3) is 0 Å². The minimum Gasteiger partial charge on any atom is -0.365 e. The molecule has 0 N–H and O–H groups in total. The lowest BCUT2D eigenvalue weighted by Gasteiger charge is -2.42. The molecule has 3 heterocycles. The maximum Gasteiger partial charge on any atom is 0.222 e. The molecule has 1 fully saturated rings. The zero-order chi connectivity index (χ0) is 24.5. The highest BCUT2D eigenvalue weighted by atomic mass is 35.5. The Morgan fingerprint density at radius 2 is 1.94 bits per heavy atom. The largest absolute Gasteiger partial charge is 0.365 e. The van der Waals surface area contributed by atoms with Crippen LogP contribution in [0.4, 0.5) is 11.5 Å². The Bertz CT molecular complexity index is 1310. The number of aromatic nitrogens is 2. The first-order valence-corrected chi connectivity index (χ1v) is 12.6. The van der Waals surface area contributed by atoms with Gasteiger partial charge in [-0.1, -0.05) is 42.8 Å². The van der Waals surface area contributed by atoms with Crippen molar-refractivity contribution in [2.45, 2.75) is 45.7 Å². The molecule has 180 valence electrons. The molecule has 3 aromatic rings. The molecule has 1 aromatic heterocycles. The number of fused-ring (bicyclic) bond motifs is 2. The van der Waals surface area contributed by atoms with E-state index in [1.54, 1.807) is 0 Å². The zero-order valence-corrected chi connectivity index (χ0v) is 20.9. The normalized spacial score (nSPS) is 17.9. The summed E-state index contributed by atoms with van der Waals surface area (Å²) < 4.78 is 0. The molecule has 1 atom stereocenters. The molecule has 0 spiro atoms. The Kier molecular flexibility index (Phi) is 6.48. The molecule has 2 aliphatic heterocycles. The Morgan fingerprint density at radius 3 is 2.71 bits per heavy atom. The standard InChI is InChI=1S/C27H29ClN6O/c1-3-25(35)34-15-14-33(16-20(34)10-12-29)27-21-11-13-32(17-23(21)30-18(2)31-27)24-9-5-7-19-6-4-8-22(28)26(19)24/h4-9,20H,3,10-11,13-17H2,1-2H3/t20-/m1/s1. The molecule has 8 heteroatoms. The van der Waals surface area contributed by atoms with Crippen molar-refractivity contribution in [3.05, 3.63) is 58.5 Å². The molecule has 0 unspecified atom stereocenters. The van der Waals surface area contributed by atoms with Crippen molar-refractivity contribution in [3.63, 3.8) is 0 Å². The SMILES string of the molecule is CCC(=O)N1CCN(c2nc(C)nc3c2CCN(c2cccc4cccc(Cl)c24)C3)C[C@H]1CC#N. The highest BCUT2D eigenvalue weighted by molar-refractivity contribution is 6.36. The van der Waals surface area contributed by atoms with Gasteiger partial charge in [-0.3, -0.25) is 4.79 Å². The van der Waals surface area contributed by atoms with Crippen LogP contribution in [0, 0.1) is 18.3 Å². The minimum absolute atomic E-state index is 0.107. The molecule has 2 aliphatic rings. The van der Waals surface area contributed by atoms with Gasteiger partial charge in [-0.2, -0.15) is 5.26 Å². The van der Waals surface area contributed by atoms with E-state index in [4.69, 9.17) is 21.6 Å². The van der Waals surface area contributed by atoms with Gasteiger partial charge in [0.2, 0.25) is 5.91 Å². The molecule has 5 rings (SSSR count). The molecule has 0 saturated carbocycles. The molecule has 0 radical (unpaired) electrons. The van der Waals surface area contributed by atoms with E-state index in [9.17, 15) is 10.1 Å². The van der Waals surface area contributed by atoms with Crippen molar-refractivity contribution < 1.29 is 4.79 Å². The molecular weight excluding hydrogens is 460 g/mol. The van der Waals surface area contributed by atoms with Gasteiger partial charge >= 0.3 is 0 Å². The van der Waals surface area contributed by atoms with E-state index in [1.807, 2.05) is 30.9 Å². The molecular formula is C27H29ClN6O. The molecule has 7 nitrogen and oxygen atoms in total. The van der Waals surface area contributed by atoms with E-state index < -0.39 is 0 Å². The van der Waals surface area contributed by atoms with Crippen molar-refractivity contribution in [2.24, 2.45) is 0 Å². The summed E-state index contributed by atoms with van der Waals surface area (Å²) in [5.74, 6) is 1.80. The molecule has 35 heavy (non-hydrogen) atoms. The summed E-state index contributed by atoms with van der Waals surface area (Å²) in [5, 5.41) is 12.3. The molecule has 0 aliphatic carbocycles. The Balaban J connectivity index is 1.46. The van der Waals surface area contributed by atoms with Crippen LogP contribution < -0.4 is 9.80 Å². The molecule has 0 bridgehead atoms. The fraction of sp³-hybridized carbons (Fsp3) is 0.407. The number of rotatable bonds is 4. The van der Waals surface area contributed by atoms with Crippen molar-refractivity contribution >= 4 is 39.8 Å². The van der Waals surface area contributed by atoms with Gasteiger partial charge < -0.3 is 14.7 Å². The quantitative estimate of drug-likeness (QED) is 0.538. The van der Waals surface area contributed by atoms with Crippen LogP contribution in [0.3, 0.4) is 0 Å². The van der Waals surface area contributed by atoms with Gasteiger partial charge in [0.1, 0.15) is 11.6 Å². The van der Waals surface area contributed by atoms with Gasteiger partial charge in [0.05, 0.1) is 35.8 Å². The van der Waals surface area contributed by atoms with Crippen molar-refractivity contribution in [3.8, 4) is 6.07 Å². The second-order valence-corrected chi connectivity index (χ2v) is 9.62. The van der Waals surface area contributed by atoms with Crippen LogP contribution in [0.5, 0.6) is 0 Å². The fourth-order valence-corrected chi connectivity index (χ4v) is 5.68. The lowest BCUT2D eigenvalue weighted by molar-refractivity contribution is -0.133. The van der Waals surface area contributed by atoms with Crippen LogP contribution >= 0.6 is 11.6 Å². The number of carbonyl (C=O) groups is 1. The summed E-state index contributed by atoms with van der Waals surface area (Å²) in [6.45, 7) is 7.26. The van der Waals surface area contributed by atoms with E-state index >= 15 is 0 Å². The van der Waals surface area contributed by atoms with Crippen LogP contribution in [0.15, 0.2) is 36.4 Å². The summed E-state index contributed by atoms with van der Waals surface area (Å²) in [6, 6.07) is 14.5. The third-order valence-corrected chi connectivity index (χ3v) is 7.37. The monoisotopic (exact) mass is 488 g/mol. The van der Waals surface area contributed by atoms with Gasteiger partial charge in [0.15, 0.2) is 0 Å². The van der Waals surface area contributed by atoms with E-state index in [0.717, 1.165) is 51.8 Å². The Hall–Kier alpha value is -3.37. The lowest BCUT2D eigenvalue weighted by atomic mass is 10.0. The summed E-state index contributed by atoms with van der Waals surface area (Å²) in [7, 11) is 0. The summed E-state index contributed by atoms with van der Waals surface area (Å²) in [6.07, 6.45) is 1.60. The number of hydrogen-bond donors (Lipinski definition) is 0. The van der Waals surface area contributed by atoms with E-state index in [1.165, 1.54) is 5.56 Å². The van der Waals surface area contributed by atoms with Crippen molar-refractivity contribution in [1.82, 2.24) is 14.9 Å². The highest BCUT2D eigenvalue weighted by Crippen LogP contribution is 2.36. The predicted octanol–water partition coefficient (Wildman–Crippen LogP) is 4.50. The van der Waals surface area contributed by atoms with E-state index in [2.05, 4.69) is 40.1 Å². The number of aryl methyl sites for hydroxylation is 1. The second kappa shape index (κ2) is 9.71. The van der Waals surface area contributed by atoms with E-state index in [0.29, 0.717) is 39.0 Å². The van der Waals surface area contributed by atoms with Crippen molar-refractivity contribution in [1.29, 1.82) is 5.26 Å². The topological polar surface area (TPSA) is 76.4 Å². The van der Waals surface area contributed by atoms with Gasteiger partial charge in [-0.25, -0.2) is 9.97 Å². The highest BCUT2D eigenvalue weighted by Gasteiger charge is 2.33.